The van der Waals surface area contributed by atoms with Crippen LogP contribution in [0.25, 0.3) is 11.0 Å². The molecular formula is C23H24O4. The number of benzene rings is 2. The first-order valence-corrected chi connectivity index (χ1v) is 9.08. The highest BCUT2D eigenvalue weighted by molar-refractivity contribution is 5.90. The van der Waals surface area contributed by atoms with E-state index in [4.69, 9.17) is 9.15 Å². The molecule has 2 aromatic carbocycles. The van der Waals surface area contributed by atoms with Crippen LogP contribution in [0.1, 0.15) is 57.9 Å². The summed E-state index contributed by atoms with van der Waals surface area (Å²) < 4.78 is 10.8. The summed E-state index contributed by atoms with van der Waals surface area (Å²) in [5.41, 5.74) is 5.63. The van der Waals surface area contributed by atoms with E-state index in [-0.39, 0.29) is 6.61 Å². The zero-order valence-electron chi connectivity index (χ0n) is 16.4. The van der Waals surface area contributed by atoms with Crippen LogP contribution in [0.15, 0.2) is 45.6 Å². The van der Waals surface area contributed by atoms with Crippen LogP contribution in [0, 0.1) is 20.8 Å². The molecule has 0 spiro atoms. The number of hydrogen-bond donors (Lipinski definition) is 0. The molecule has 1 aromatic heterocycles. The van der Waals surface area contributed by atoms with Crippen molar-refractivity contribution in [1.82, 2.24) is 0 Å². The van der Waals surface area contributed by atoms with Crippen molar-refractivity contribution in [2.75, 3.05) is 0 Å². The Kier molecular flexibility index (Phi) is 5.17. The fraction of sp³-hybridized carbons (Fsp3) is 0.304. The first-order chi connectivity index (χ1) is 12.8. The number of carbonyl (C=O) groups excluding carboxylic acids is 1. The van der Waals surface area contributed by atoms with Gasteiger partial charge in [0.05, 0.1) is 5.56 Å². The van der Waals surface area contributed by atoms with Gasteiger partial charge in [-0.25, -0.2) is 9.59 Å². The van der Waals surface area contributed by atoms with Crippen molar-refractivity contribution in [3.63, 3.8) is 0 Å². The van der Waals surface area contributed by atoms with Gasteiger partial charge in [-0.15, -0.1) is 0 Å². The maximum atomic E-state index is 12.4. The Morgan fingerprint density at radius 1 is 1.00 bits per heavy atom. The van der Waals surface area contributed by atoms with Gasteiger partial charge in [-0.3, -0.25) is 0 Å². The average molecular weight is 364 g/mol. The van der Waals surface area contributed by atoms with E-state index in [1.165, 1.54) is 11.6 Å². The summed E-state index contributed by atoms with van der Waals surface area (Å²) >= 11 is 0. The lowest BCUT2D eigenvalue weighted by molar-refractivity contribution is 0.0473. The third-order valence-corrected chi connectivity index (χ3v) is 4.94. The van der Waals surface area contributed by atoms with Crippen LogP contribution in [0.4, 0.5) is 0 Å². The normalized spacial score (nSPS) is 11.2. The summed E-state index contributed by atoms with van der Waals surface area (Å²) in [6, 6.07) is 10.8. The minimum Gasteiger partial charge on any atom is -0.457 e. The van der Waals surface area contributed by atoms with Crippen LogP contribution in [-0.4, -0.2) is 5.97 Å². The van der Waals surface area contributed by atoms with Gasteiger partial charge in [-0.05, 0) is 73.2 Å². The molecular weight excluding hydrogens is 340 g/mol. The van der Waals surface area contributed by atoms with Crippen LogP contribution < -0.4 is 5.63 Å². The Morgan fingerprint density at radius 2 is 1.74 bits per heavy atom. The van der Waals surface area contributed by atoms with Crippen molar-refractivity contribution in [1.29, 1.82) is 0 Å². The van der Waals surface area contributed by atoms with Gasteiger partial charge in [0.2, 0.25) is 0 Å². The van der Waals surface area contributed by atoms with E-state index in [2.05, 4.69) is 13.8 Å². The van der Waals surface area contributed by atoms with Crippen molar-refractivity contribution in [2.24, 2.45) is 0 Å². The van der Waals surface area contributed by atoms with Gasteiger partial charge >= 0.3 is 11.6 Å². The van der Waals surface area contributed by atoms with Crippen molar-refractivity contribution < 1.29 is 13.9 Å². The number of fused-ring (bicyclic) bond motifs is 1. The van der Waals surface area contributed by atoms with Gasteiger partial charge in [-0.1, -0.05) is 19.9 Å². The molecule has 0 saturated heterocycles. The Balaban J connectivity index is 1.94. The third kappa shape index (κ3) is 3.95. The second-order valence-electron chi connectivity index (χ2n) is 7.33. The van der Waals surface area contributed by atoms with Gasteiger partial charge in [0.25, 0.3) is 0 Å². The fourth-order valence-corrected chi connectivity index (χ4v) is 3.23. The fourth-order valence-electron chi connectivity index (χ4n) is 3.23. The van der Waals surface area contributed by atoms with Crippen LogP contribution >= 0.6 is 0 Å². The lowest BCUT2D eigenvalue weighted by Crippen LogP contribution is -2.09. The quantitative estimate of drug-likeness (QED) is 0.472. The van der Waals surface area contributed by atoms with Gasteiger partial charge < -0.3 is 9.15 Å². The highest BCUT2D eigenvalue weighted by Crippen LogP contribution is 2.27. The molecule has 0 saturated carbocycles. The molecule has 1 heterocycles. The van der Waals surface area contributed by atoms with Crippen molar-refractivity contribution in [3.8, 4) is 0 Å². The molecule has 0 aliphatic heterocycles. The average Bonchev–Trinajstić information content (AvgIpc) is 2.60. The van der Waals surface area contributed by atoms with Crippen LogP contribution in [0.3, 0.4) is 0 Å². The monoisotopic (exact) mass is 364 g/mol. The summed E-state index contributed by atoms with van der Waals surface area (Å²) in [4.78, 5) is 24.3. The molecule has 3 aromatic rings. The minimum atomic E-state index is -0.448. The molecule has 0 atom stereocenters. The molecule has 140 valence electrons. The van der Waals surface area contributed by atoms with Crippen LogP contribution in [0.5, 0.6) is 0 Å². The Bertz CT molecular complexity index is 1070. The summed E-state index contributed by atoms with van der Waals surface area (Å²) in [6.45, 7) is 10.2. The van der Waals surface area contributed by atoms with E-state index < -0.39 is 11.6 Å². The van der Waals surface area contributed by atoms with E-state index >= 15 is 0 Å². The van der Waals surface area contributed by atoms with Gasteiger partial charge in [0.15, 0.2) is 0 Å². The van der Waals surface area contributed by atoms with E-state index in [0.717, 1.165) is 22.1 Å². The molecule has 27 heavy (non-hydrogen) atoms. The number of carbonyl (C=O) groups is 1. The first kappa shape index (κ1) is 18.9. The SMILES string of the molecule is Cc1ccc(C(=O)OCc2cc(=O)oc3cc(C)c(C(C)C)cc23)cc1C. The number of esters is 1. The van der Waals surface area contributed by atoms with Crippen molar-refractivity contribution in [2.45, 2.75) is 47.1 Å². The van der Waals surface area contributed by atoms with Crippen molar-refractivity contribution in [3.05, 3.63) is 80.2 Å². The summed E-state index contributed by atoms with van der Waals surface area (Å²) in [6.07, 6.45) is 0. The highest BCUT2D eigenvalue weighted by atomic mass is 16.5. The first-order valence-electron chi connectivity index (χ1n) is 9.08. The molecule has 0 bridgehead atoms. The molecule has 0 radical (unpaired) electrons. The molecule has 0 N–H and O–H groups in total. The molecule has 0 fully saturated rings. The zero-order chi connectivity index (χ0) is 19.7. The Hall–Kier alpha value is -2.88. The third-order valence-electron chi connectivity index (χ3n) is 4.94. The van der Waals surface area contributed by atoms with Crippen LogP contribution in [0.2, 0.25) is 0 Å². The summed E-state index contributed by atoms with van der Waals surface area (Å²) in [5, 5.41) is 0.803. The largest absolute Gasteiger partial charge is 0.457 e. The summed E-state index contributed by atoms with van der Waals surface area (Å²) in [7, 11) is 0. The van der Waals surface area contributed by atoms with E-state index in [9.17, 15) is 9.59 Å². The summed E-state index contributed by atoms with van der Waals surface area (Å²) in [5.74, 6) is -0.0667. The molecule has 0 unspecified atom stereocenters. The maximum absolute atomic E-state index is 12.4. The van der Waals surface area contributed by atoms with Gasteiger partial charge in [-0.2, -0.15) is 0 Å². The predicted molar refractivity (Wildman–Crippen MR) is 106 cm³/mol. The smallest absolute Gasteiger partial charge is 0.338 e. The molecule has 0 aliphatic rings. The number of ether oxygens (including phenoxy) is 1. The molecule has 0 aliphatic carbocycles. The minimum absolute atomic E-state index is 0.0223. The number of aryl methyl sites for hydroxylation is 3. The van der Waals surface area contributed by atoms with Gasteiger partial charge in [0, 0.05) is 17.0 Å². The van der Waals surface area contributed by atoms with Crippen molar-refractivity contribution >= 4 is 16.9 Å². The molecule has 4 heteroatoms. The standard InChI is InChI=1S/C23H24O4/c1-13(2)19-11-20-18(10-22(24)27-21(20)9-16(19)5)12-26-23(25)17-7-6-14(3)15(4)8-17/h6-11,13H,12H2,1-5H3. The maximum Gasteiger partial charge on any atom is 0.338 e. The van der Waals surface area contributed by atoms with E-state index in [1.807, 2.05) is 45.0 Å². The number of hydrogen-bond acceptors (Lipinski definition) is 4. The van der Waals surface area contributed by atoms with E-state index in [1.54, 1.807) is 6.07 Å². The Morgan fingerprint density at radius 3 is 2.41 bits per heavy atom. The zero-order valence-corrected chi connectivity index (χ0v) is 16.4. The highest BCUT2D eigenvalue weighted by Gasteiger charge is 2.14. The lowest BCUT2D eigenvalue weighted by atomic mass is 9.95. The molecule has 3 rings (SSSR count). The Labute approximate surface area is 158 Å². The lowest BCUT2D eigenvalue weighted by Gasteiger charge is -2.13. The van der Waals surface area contributed by atoms with E-state index in [0.29, 0.717) is 22.6 Å². The predicted octanol–water partition coefficient (Wildman–Crippen LogP) is 5.20. The second kappa shape index (κ2) is 7.39. The molecule has 4 nitrogen and oxygen atoms in total. The second-order valence-corrected chi connectivity index (χ2v) is 7.33. The number of rotatable bonds is 4. The van der Waals surface area contributed by atoms with Crippen LogP contribution in [-0.2, 0) is 11.3 Å². The van der Waals surface area contributed by atoms with Gasteiger partial charge in [0.1, 0.15) is 12.2 Å². The topological polar surface area (TPSA) is 56.5 Å². The molecule has 0 amide bonds.